The third kappa shape index (κ3) is 8.14. The molecule has 0 heterocycles. The molecule has 1 aromatic carbocycles. The van der Waals surface area contributed by atoms with Gasteiger partial charge >= 0.3 is 5.97 Å². The van der Waals surface area contributed by atoms with Crippen molar-refractivity contribution in [1.29, 1.82) is 0 Å². The number of hydrogen-bond acceptors (Lipinski definition) is 6. The van der Waals surface area contributed by atoms with E-state index in [9.17, 15) is 28.7 Å². The molecule has 174 valence electrons. The van der Waals surface area contributed by atoms with Crippen LogP contribution in [0.4, 0.5) is 8.78 Å². The van der Waals surface area contributed by atoms with Crippen LogP contribution in [0.3, 0.4) is 0 Å². The van der Waals surface area contributed by atoms with Crippen LogP contribution >= 0.6 is 0 Å². The number of unbranched alkanes of at least 4 members (excludes halogenated alkanes) is 3. The van der Waals surface area contributed by atoms with Crippen LogP contribution in [0, 0.1) is 28.4 Å². The molecule has 0 saturated heterocycles. The van der Waals surface area contributed by atoms with Crippen molar-refractivity contribution in [3.05, 3.63) is 34.7 Å². The first kappa shape index (κ1) is 25.1. The van der Waals surface area contributed by atoms with Crippen molar-refractivity contribution in [2.75, 3.05) is 6.61 Å². The quantitative estimate of drug-likeness (QED) is 0.295. The Labute approximate surface area is 180 Å². The molecule has 2 unspecified atom stereocenters. The van der Waals surface area contributed by atoms with Gasteiger partial charge in [0, 0.05) is 12.5 Å². The van der Waals surface area contributed by atoms with Crippen LogP contribution in [0.5, 0.6) is 5.75 Å². The van der Waals surface area contributed by atoms with Gasteiger partial charge in [0.15, 0.2) is 11.6 Å². The summed E-state index contributed by atoms with van der Waals surface area (Å²) in [5.74, 6) is -2.79. The van der Waals surface area contributed by atoms with Crippen LogP contribution in [0.1, 0.15) is 57.8 Å². The molecule has 31 heavy (non-hydrogen) atoms. The summed E-state index contributed by atoms with van der Waals surface area (Å²) >= 11 is 0. The Kier molecular flexibility index (Phi) is 10.3. The first-order valence-electron chi connectivity index (χ1n) is 10.8. The lowest BCUT2D eigenvalue weighted by Gasteiger charge is -2.24. The molecule has 0 radical (unpaired) electrons. The Morgan fingerprint density at radius 2 is 1.90 bits per heavy atom. The standard InChI is InChI=1S/C22H31F2NO6/c23-14-7-10-21(18(24)11-14)31-13-15(26)8-9-16-17(20(27)12-19(16)25-30)5-3-1-2-4-6-22(28)29/h7,10-11,15-17,19-20,26-27H,1-6,8-9,12-13H2,(H,28,29)/t15-,16?,17-,19?,20+/m1/s1. The Hall–Kier alpha value is -2.13. The minimum absolute atomic E-state index is 0.107. The number of hydrogen-bond donors (Lipinski definition) is 3. The first-order chi connectivity index (χ1) is 14.8. The highest BCUT2D eigenvalue weighted by Crippen LogP contribution is 2.40. The van der Waals surface area contributed by atoms with Gasteiger partial charge in [-0.2, -0.15) is 4.91 Å². The molecule has 0 aromatic heterocycles. The molecule has 1 aliphatic rings. The third-order valence-electron chi connectivity index (χ3n) is 5.99. The van der Waals surface area contributed by atoms with E-state index in [2.05, 4.69) is 5.18 Å². The Morgan fingerprint density at radius 1 is 1.16 bits per heavy atom. The average molecular weight is 443 g/mol. The molecule has 1 aliphatic carbocycles. The second-order valence-electron chi connectivity index (χ2n) is 8.27. The molecule has 1 saturated carbocycles. The fraction of sp³-hybridized carbons (Fsp3) is 0.682. The second-order valence-corrected chi connectivity index (χ2v) is 8.27. The minimum atomic E-state index is -0.911. The number of halogens is 2. The maximum absolute atomic E-state index is 13.6. The molecule has 0 bridgehead atoms. The Morgan fingerprint density at radius 3 is 2.58 bits per heavy atom. The molecule has 7 nitrogen and oxygen atoms in total. The predicted molar refractivity (Wildman–Crippen MR) is 110 cm³/mol. The van der Waals surface area contributed by atoms with E-state index in [-0.39, 0.29) is 30.6 Å². The monoisotopic (exact) mass is 443 g/mol. The molecule has 1 aromatic rings. The fourth-order valence-electron chi connectivity index (χ4n) is 4.36. The molecule has 1 fully saturated rings. The van der Waals surface area contributed by atoms with Crippen molar-refractivity contribution in [3.8, 4) is 5.75 Å². The van der Waals surface area contributed by atoms with Crippen molar-refractivity contribution >= 4 is 5.97 Å². The minimum Gasteiger partial charge on any atom is -0.488 e. The second kappa shape index (κ2) is 12.7. The number of ether oxygens (including phenoxy) is 1. The van der Waals surface area contributed by atoms with Crippen LogP contribution in [-0.2, 0) is 4.79 Å². The van der Waals surface area contributed by atoms with E-state index < -0.39 is 35.9 Å². The van der Waals surface area contributed by atoms with E-state index in [0.717, 1.165) is 31.4 Å². The normalized spacial score (nSPS) is 24.1. The predicted octanol–water partition coefficient (Wildman–Crippen LogP) is 4.04. The molecule has 9 heteroatoms. The van der Waals surface area contributed by atoms with Crippen LogP contribution in [0.2, 0.25) is 0 Å². The number of aliphatic hydroxyl groups excluding tert-OH is 2. The van der Waals surface area contributed by atoms with E-state index >= 15 is 0 Å². The summed E-state index contributed by atoms with van der Waals surface area (Å²) in [5, 5.41) is 32.4. The molecule has 0 aliphatic heterocycles. The largest absolute Gasteiger partial charge is 0.488 e. The summed E-state index contributed by atoms with van der Waals surface area (Å²) in [6, 6.07) is 2.41. The summed E-state index contributed by atoms with van der Waals surface area (Å²) in [5.41, 5.74) is 0. The van der Waals surface area contributed by atoms with E-state index in [4.69, 9.17) is 9.84 Å². The van der Waals surface area contributed by atoms with E-state index in [1.165, 1.54) is 0 Å². The highest BCUT2D eigenvalue weighted by molar-refractivity contribution is 5.66. The van der Waals surface area contributed by atoms with Crippen molar-refractivity contribution < 1.29 is 33.6 Å². The highest BCUT2D eigenvalue weighted by atomic mass is 19.1. The van der Waals surface area contributed by atoms with Gasteiger partial charge in [-0.15, -0.1) is 0 Å². The molecular weight excluding hydrogens is 412 g/mol. The maximum Gasteiger partial charge on any atom is 0.303 e. The fourth-order valence-corrected chi connectivity index (χ4v) is 4.36. The van der Waals surface area contributed by atoms with Crippen molar-refractivity contribution in [2.24, 2.45) is 17.0 Å². The summed E-state index contributed by atoms with van der Waals surface area (Å²) in [6.07, 6.45) is 3.45. The van der Waals surface area contributed by atoms with Crippen molar-refractivity contribution in [1.82, 2.24) is 0 Å². The number of benzene rings is 1. The van der Waals surface area contributed by atoms with Crippen molar-refractivity contribution in [3.63, 3.8) is 0 Å². The summed E-state index contributed by atoms with van der Waals surface area (Å²) < 4.78 is 31.8. The highest BCUT2D eigenvalue weighted by Gasteiger charge is 2.42. The SMILES string of the molecule is O=NC1C[C@H](O)[C@H](CCCCCCC(=O)O)C1CC[C@@H](O)COc1ccc(F)cc1F. The molecule has 0 amide bonds. The lowest BCUT2D eigenvalue weighted by atomic mass is 9.84. The van der Waals surface area contributed by atoms with E-state index in [1.807, 2.05) is 0 Å². The van der Waals surface area contributed by atoms with Gasteiger partial charge in [-0.25, -0.2) is 8.78 Å². The van der Waals surface area contributed by atoms with Crippen molar-refractivity contribution in [2.45, 2.75) is 76.0 Å². The molecule has 3 N–H and O–H groups in total. The van der Waals surface area contributed by atoms with Crippen LogP contribution < -0.4 is 4.74 Å². The Bertz CT molecular complexity index is 719. The number of nitroso groups, excluding NO2 is 1. The summed E-state index contributed by atoms with van der Waals surface area (Å²) in [7, 11) is 0. The molecular formula is C22H31F2NO6. The average Bonchev–Trinajstić information content (AvgIpc) is 3.02. The van der Waals surface area contributed by atoms with Gasteiger partial charge < -0.3 is 20.1 Å². The van der Waals surface area contributed by atoms with Gasteiger partial charge in [0.05, 0.1) is 18.2 Å². The number of rotatable bonds is 14. The van der Waals surface area contributed by atoms with Gasteiger partial charge in [-0.3, -0.25) is 4.79 Å². The van der Waals surface area contributed by atoms with Gasteiger partial charge in [0.25, 0.3) is 0 Å². The van der Waals surface area contributed by atoms with Gasteiger partial charge in [0.1, 0.15) is 12.4 Å². The summed E-state index contributed by atoms with van der Waals surface area (Å²) in [4.78, 5) is 21.8. The van der Waals surface area contributed by atoms with Gasteiger partial charge in [-0.1, -0.05) is 24.4 Å². The van der Waals surface area contributed by atoms with Gasteiger partial charge in [0.2, 0.25) is 0 Å². The number of aliphatic hydroxyl groups is 2. The number of carbonyl (C=O) groups is 1. The number of carboxylic acids is 1. The topological polar surface area (TPSA) is 116 Å². The molecule has 2 rings (SSSR count). The number of aliphatic carboxylic acids is 1. The van der Waals surface area contributed by atoms with E-state index in [1.54, 1.807) is 0 Å². The third-order valence-corrected chi connectivity index (χ3v) is 5.99. The number of nitrogens with zero attached hydrogens (tertiary/aromatic N) is 1. The Balaban J connectivity index is 1.78. The van der Waals surface area contributed by atoms with Crippen LogP contribution in [-0.4, -0.2) is 46.1 Å². The van der Waals surface area contributed by atoms with Crippen LogP contribution in [0.15, 0.2) is 23.4 Å². The van der Waals surface area contributed by atoms with Crippen LogP contribution in [0.25, 0.3) is 0 Å². The zero-order valence-electron chi connectivity index (χ0n) is 17.5. The smallest absolute Gasteiger partial charge is 0.303 e. The maximum atomic E-state index is 13.6. The lowest BCUT2D eigenvalue weighted by Crippen LogP contribution is -2.25. The first-order valence-corrected chi connectivity index (χ1v) is 10.8. The molecule has 0 spiro atoms. The zero-order valence-corrected chi connectivity index (χ0v) is 17.5. The van der Waals surface area contributed by atoms with Gasteiger partial charge in [-0.05, 0) is 56.1 Å². The lowest BCUT2D eigenvalue weighted by molar-refractivity contribution is -0.137. The summed E-state index contributed by atoms with van der Waals surface area (Å²) in [6.45, 7) is -0.175. The van der Waals surface area contributed by atoms with E-state index in [0.29, 0.717) is 38.2 Å². The molecule has 5 atom stereocenters. The zero-order chi connectivity index (χ0) is 22.8. The number of carboxylic acid groups (broad SMARTS) is 1.